The summed E-state index contributed by atoms with van der Waals surface area (Å²) in [6, 6.07) is 8.30. The molecule has 1 heterocycles. The van der Waals surface area contributed by atoms with E-state index in [2.05, 4.69) is 17.9 Å². The van der Waals surface area contributed by atoms with Gasteiger partial charge in [-0.3, -0.25) is 4.90 Å². The molecule has 1 fully saturated rings. The molecule has 2 unspecified atom stereocenters. The van der Waals surface area contributed by atoms with Gasteiger partial charge in [-0.05, 0) is 12.6 Å². The summed E-state index contributed by atoms with van der Waals surface area (Å²) in [5.41, 5.74) is 7.01. The summed E-state index contributed by atoms with van der Waals surface area (Å²) in [4.78, 5) is 2.40. The van der Waals surface area contributed by atoms with Gasteiger partial charge in [-0.1, -0.05) is 25.1 Å². The number of para-hydroxylation sites is 1. The first kappa shape index (κ1) is 13.3. The fourth-order valence-corrected chi connectivity index (χ4v) is 2.65. The molecule has 1 saturated heterocycles. The molecule has 1 aromatic rings. The Kier molecular flexibility index (Phi) is 4.58. The third kappa shape index (κ3) is 2.51. The van der Waals surface area contributed by atoms with E-state index in [0.29, 0.717) is 6.54 Å². The van der Waals surface area contributed by atoms with Crippen LogP contribution in [0, 0.1) is 0 Å². The molecule has 2 N–H and O–H groups in total. The highest BCUT2D eigenvalue weighted by Gasteiger charge is 2.33. The molecule has 0 saturated carbocycles. The van der Waals surface area contributed by atoms with Crippen LogP contribution in [0.1, 0.15) is 18.5 Å². The lowest BCUT2D eigenvalue weighted by Crippen LogP contribution is -2.48. The number of ether oxygens (including phenoxy) is 2. The molecule has 0 aliphatic carbocycles. The number of nitrogens with zero attached hydrogens (tertiary/aromatic N) is 1. The Bertz CT molecular complexity index is 372. The molecule has 2 rings (SSSR count). The van der Waals surface area contributed by atoms with E-state index < -0.39 is 0 Å². The Morgan fingerprint density at radius 1 is 1.44 bits per heavy atom. The lowest BCUT2D eigenvalue weighted by molar-refractivity contribution is -0.0664. The molecule has 1 aromatic carbocycles. The smallest absolute Gasteiger partial charge is 0.123 e. The highest BCUT2D eigenvalue weighted by molar-refractivity contribution is 5.37. The van der Waals surface area contributed by atoms with Crippen molar-refractivity contribution in [3.63, 3.8) is 0 Å². The van der Waals surface area contributed by atoms with Gasteiger partial charge in [0.25, 0.3) is 0 Å². The van der Waals surface area contributed by atoms with Crippen molar-refractivity contribution in [2.45, 2.75) is 19.1 Å². The van der Waals surface area contributed by atoms with Crippen LogP contribution in [0.4, 0.5) is 0 Å². The Morgan fingerprint density at radius 2 is 2.22 bits per heavy atom. The molecule has 0 spiro atoms. The molecular formula is C14H22N2O2. The molecule has 2 atom stereocenters. The first-order chi connectivity index (χ1) is 8.81. The second-order valence-corrected chi connectivity index (χ2v) is 4.46. The third-order valence-corrected chi connectivity index (χ3v) is 3.55. The van der Waals surface area contributed by atoms with Gasteiger partial charge in [-0.2, -0.15) is 0 Å². The SMILES string of the molecule is CCN1CCOC(CN)C1c1ccccc1OC. The zero-order chi connectivity index (χ0) is 13.0. The average molecular weight is 250 g/mol. The minimum Gasteiger partial charge on any atom is -0.496 e. The quantitative estimate of drug-likeness (QED) is 0.878. The van der Waals surface area contributed by atoms with E-state index in [9.17, 15) is 0 Å². The van der Waals surface area contributed by atoms with Crippen molar-refractivity contribution in [2.24, 2.45) is 5.73 Å². The number of rotatable bonds is 4. The molecule has 4 nitrogen and oxygen atoms in total. The van der Waals surface area contributed by atoms with Crippen LogP contribution >= 0.6 is 0 Å². The molecular weight excluding hydrogens is 228 g/mol. The van der Waals surface area contributed by atoms with Gasteiger partial charge in [-0.25, -0.2) is 0 Å². The predicted molar refractivity (Wildman–Crippen MR) is 71.8 cm³/mol. The zero-order valence-electron chi connectivity index (χ0n) is 11.1. The van der Waals surface area contributed by atoms with Crippen molar-refractivity contribution in [1.82, 2.24) is 4.90 Å². The van der Waals surface area contributed by atoms with Crippen LogP contribution in [0.25, 0.3) is 0 Å². The monoisotopic (exact) mass is 250 g/mol. The lowest BCUT2D eigenvalue weighted by Gasteiger charge is -2.41. The van der Waals surface area contributed by atoms with E-state index in [1.807, 2.05) is 18.2 Å². The van der Waals surface area contributed by atoms with E-state index in [-0.39, 0.29) is 12.1 Å². The van der Waals surface area contributed by atoms with Gasteiger partial charge in [0.2, 0.25) is 0 Å². The van der Waals surface area contributed by atoms with Gasteiger partial charge < -0.3 is 15.2 Å². The summed E-state index contributed by atoms with van der Waals surface area (Å²) in [5, 5.41) is 0. The van der Waals surface area contributed by atoms with Crippen LogP contribution in [0.2, 0.25) is 0 Å². The normalized spacial score (nSPS) is 25.1. The summed E-state index contributed by atoms with van der Waals surface area (Å²) in [6.45, 7) is 5.38. The van der Waals surface area contributed by atoms with Crippen LogP contribution < -0.4 is 10.5 Å². The highest BCUT2D eigenvalue weighted by Crippen LogP contribution is 2.34. The van der Waals surface area contributed by atoms with E-state index in [1.54, 1.807) is 7.11 Å². The standard InChI is InChI=1S/C14H22N2O2/c1-3-16-8-9-18-13(10-15)14(16)11-6-4-5-7-12(11)17-2/h4-7,13-14H,3,8-10,15H2,1-2H3. The molecule has 0 aromatic heterocycles. The van der Waals surface area contributed by atoms with Gasteiger partial charge >= 0.3 is 0 Å². The lowest BCUT2D eigenvalue weighted by atomic mass is 9.97. The number of hydrogen-bond donors (Lipinski definition) is 1. The van der Waals surface area contributed by atoms with Crippen LogP contribution in [-0.2, 0) is 4.74 Å². The van der Waals surface area contributed by atoms with Crippen LogP contribution in [-0.4, -0.2) is 44.4 Å². The van der Waals surface area contributed by atoms with Gasteiger partial charge in [0.05, 0.1) is 25.9 Å². The van der Waals surface area contributed by atoms with Gasteiger partial charge in [-0.15, -0.1) is 0 Å². The third-order valence-electron chi connectivity index (χ3n) is 3.55. The van der Waals surface area contributed by atoms with Crippen molar-refractivity contribution in [1.29, 1.82) is 0 Å². The van der Waals surface area contributed by atoms with Gasteiger partial charge in [0.1, 0.15) is 5.75 Å². The van der Waals surface area contributed by atoms with E-state index >= 15 is 0 Å². The van der Waals surface area contributed by atoms with Crippen molar-refractivity contribution < 1.29 is 9.47 Å². The summed E-state index contributed by atoms with van der Waals surface area (Å²) in [5.74, 6) is 0.907. The Hall–Kier alpha value is -1.10. The molecule has 4 heteroatoms. The Labute approximate surface area is 109 Å². The second kappa shape index (κ2) is 6.18. The molecule has 0 amide bonds. The number of benzene rings is 1. The maximum atomic E-state index is 5.85. The maximum absolute atomic E-state index is 5.85. The largest absolute Gasteiger partial charge is 0.496 e. The van der Waals surface area contributed by atoms with Crippen molar-refractivity contribution in [3.05, 3.63) is 29.8 Å². The predicted octanol–water partition coefficient (Wildman–Crippen LogP) is 1.42. The van der Waals surface area contributed by atoms with Crippen LogP contribution in [0.15, 0.2) is 24.3 Å². The van der Waals surface area contributed by atoms with Gasteiger partial charge in [0.15, 0.2) is 0 Å². The molecule has 1 aliphatic heterocycles. The van der Waals surface area contributed by atoms with E-state index in [4.69, 9.17) is 15.2 Å². The fraction of sp³-hybridized carbons (Fsp3) is 0.571. The summed E-state index contributed by atoms with van der Waals surface area (Å²) in [6.07, 6.45) is 0.0370. The second-order valence-electron chi connectivity index (χ2n) is 4.46. The topological polar surface area (TPSA) is 47.7 Å². The number of morpholine rings is 1. The Balaban J connectivity index is 2.36. The van der Waals surface area contributed by atoms with Gasteiger partial charge in [0, 0.05) is 18.7 Å². The molecule has 0 bridgehead atoms. The first-order valence-corrected chi connectivity index (χ1v) is 6.50. The molecule has 100 valence electrons. The fourth-order valence-electron chi connectivity index (χ4n) is 2.65. The molecule has 18 heavy (non-hydrogen) atoms. The number of methoxy groups -OCH3 is 1. The highest BCUT2D eigenvalue weighted by atomic mass is 16.5. The van der Waals surface area contributed by atoms with Crippen molar-refractivity contribution >= 4 is 0 Å². The van der Waals surface area contributed by atoms with E-state index in [0.717, 1.165) is 31.0 Å². The van der Waals surface area contributed by atoms with Crippen LogP contribution in [0.5, 0.6) is 5.75 Å². The Morgan fingerprint density at radius 3 is 2.89 bits per heavy atom. The summed E-state index contributed by atoms with van der Waals surface area (Å²) >= 11 is 0. The number of hydrogen-bond acceptors (Lipinski definition) is 4. The molecule has 0 radical (unpaired) electrons. The number of likely N-dealkylation sites (N-methyl/N-ethyl adjacent to an activating group) is 1. The molecule has 1 aliphatic rings. The summed E-state index contributed by atoms with van der Waals surface area (Å²) in [7, 11) is 1.70. The van der Waals surface area contributed by atoms with Crippen LogP contribution in [0.3, 0.4) is 0 Å². The summed E-state index contributed by atoms with van der Waals surface area (Å²) < 4.78 is 11.3. The van der Waals surface area contributed by atoms with Crippen molar-refractivity contribution in [2.75, 3.05) is 33.4 Å². The minimum absolute atomic E-state index is 0.0370. The van der Waals surface area contributed by atoms with E-state index in [1.165, 1.54) is 0 Å². The minimum atomic E-state index is 0.0370. The van der Waals surface area contributed by atoms with Crippen molar-refractivity contribution in [3.8, 4) is 5.75 Å². The maximum Gasteiger partial charge on any atom is 0.123 e. The first-order valence-electron chi connectivity index (χ1n) is 6.50. The average Bonchev–Trinajstić information content (AvgIpc) is 2.46. The number of nitrogens with two attached hydrogens (primary N) is 1. The zero-order valence-corrected chi connectivity index (χ0v) is 11.1.